The number of aliphatic carboxylic acids is 1. The molecule has 0 fully saturated rings. The van der Waals surface area contributed by atoms with Gasteiger partial charge in [0.05, 0.1) is 6.04 Å². The lowest BCUT2D eigenvalue weighted by Gasteiger charge is -2.23. The molecular weight excluding hydrogens is 349 g/mol. The third-order valence-electron chi connectivity index (χ3n) is 3.52. The molecule has 1 amide bonds. The largest absolute Gasteiger partial charge is 0.490 e. The number of likely N-dealkylation sites (N-methyl/N-ethyl adjacent to an activating group) is 1. The lowest BCUT2D eigenvalue weighted by molar-refractivity contribution is -0.192. The van der Waals surface area contributed by atoms with Gasteiger partial charge < -0.3 is 10.4 Å². The Morgan fingerprint density at radius 2 is 1.69 bits per heavy atom. The summed E-state index contributed by atoms with van der Waals surface area (Å²) in [5.41, 5.74) is 1.20. The van der Waals surface area contributed by atoms with Crippen LogP contribution >= 0.6 is 0 Å². The van der Waals surface area contributed by atoms with E-state index < -0.39 is 12.1 Å². The average molecular weight is 376 g/mol. The van der Waals surface area contributed by atoms with Crippen LogP contribution in [0, 0.1) is 0 Å². The zero-order valence-electron chi connectivity index (χ0n) is 15.3. The van der Waals surface area contributed by atoms with E-state index in [-0.39, 0.29) is 11.9 Å². The number of carbonyl (C=O) groups is 2. The molecule has 5 nitrogen and oxygen atoms in total. The highest BCUT2D eigenvalue weighted by atomic mass is 19.4. The van der Waals surface area contributed by atoms with Crippen LogP contribution in [0.25, 0.3) is 0 Å². The second-order valence-electron chi connectivity index (χ2n) is 5.97. The molecule has 0 heterocycles. The molecule has 148 valence electrons. The molecule has 0 saturated carbocycles. The Morgan fingerprint density at radius 1 is 1.15 bits per heavy atom. The third kappa shape index (κ3) is 10.7. The van der Waals surface area contributed by atoms with E-state index in [1.807, 2.05) is 37.2 Å². The summed E-state index contributed by atoms with van der Waals surface area (Å²) in [5, 5.41) is 10.2. The van der Waals surface area contributed by atoms with Crippen LogP contribution in [0.2, 0.25) is 0 Å². The number of alkyl halides is 3. The van der Waals surface area contributed by atoms with Crippen LogP contribution in [0.4, 0.5) is 13.2 Å². The Labute approximate surface area is 152 Å². The highest BCUT2D eigenvalue weighted by molar-refractivity contribution is 5.82. The normalized spacial score (nSPS) is 12.1. The molecule has 0 radical (unpaired) electrons. The number of nitrogens with one attached hydrogen (secondary N) is 1. The van der Waals surface area contributed by atoms with Crippen LogP contribution in [0.5, 0.6) is 0 Å². The zero-order chi connectivity index (χ0) is 20.2. The van der Waals surface area contributed by atoms with E-state index in [4.69, 9.17) is 9.90 Å². The van der Waals surface area contributed by atoms with Crippen LogP contribution in [-0.2, 0) is 16.0 Å². The molecule has 1 aromatic rings. The van der Waals surface area contributed by atoms with Gasteiger partial charge in [-0.3, -0.25) is 9.69 Å². The molecular formula is C18H27F3N2O3. The molecule has 1 aromatic carbocycles. The molecule has 0 aliphatic heterocycles. The monoisotopic (exact) mass is 376 g/mol. The maximum atomic E-state index is 12.2. The zero-order valence-corrected chi connectivity index (χ0v) is 15.3. The number of carbonyl (C=O) groups excluding carboxylic acids is 1. The minimum absolute atomic E-state index is 0.0935. The quantitative estimate of drug-likeness (QED) is 0.684. The van der Waals surface area contributed by atoms with E-state index >= 15 is 0 Å². The molecule has 0 bridgehead atoms. The van der Waals surface area contributed by atoms with Crippen molar-refractivity contribution in [1.29, 1.82) is 0 Å². The number of rotatable bonds is 8. The second-order valence-corrected chi connectivity index (χ2v) is 5.97. The molecule has 1 rings (SSSR count). The first kappa shape index (κ1) is 23.9. The third-order valence-corrected chi connectivity index (χ3v) is 3.52. The molecule has 0 saturated heterocycles. The van der Waals surface area contributed by atoms with Crippen molar-refractivity contribution in [2.75, 3.05) is 20.6 Å². The van der Waals surface area contributed by atoms with Crippen LogP contribution in [-0.4, -0.2) is 54.7 Å². The SMILES string of the molecule is CCCCCNC(=O)C(Cc1ccccc1)N(C)C.O=C(O)C(F)(F)F. The number of nitrogens with zero attached hydrogens (tertiary/aromatic N) is 1. The average Bonchev–Trinajstić information content (AvgIpc) is 2.56. The summed E-state index contributed by atoms with van der Waals surface area (Å²) in [6.07, 6.45) is -0.913. The number of benzene rings is 1. The van der Waals surface area contributed by atoms with E-state index in [2.05, 4.69) is 24.4 Å². The van der Waals surface area contributed by atoms with Gasteiger partial charge in [0.2, 0.25) is 5.91 Å². The summed E-state index contributed by atoms with van der Waals surface area (Å²) in [5.74, 6) is -2.63. The van der Waals surface area contributed by atoms with Gasteiger partial charge in [0.15, 0.2) is 0 Å². The van der Waals surface area contributed by atoms with E-state index in [9.17, 15) is 18.0 Å². The standard InChI is InChI=1S/C16H26N2O.C2HF3O2/c1-4-5-9-12-17-16(19)15(18(2)3)13-14-10-7-6-8-11-14;3-2(4,5)1(6)7/h6-8,10-11,15H,4-5,9,12-13H2,1-3H3,(H,17,19);(H,6,7). The summed E-state index contributed by atoms with van der Waals surface area (Å²) in [7, 11) is 3.92. The molecule has 0 aromatic heterocycles. The molecule has 1 unspecified atom stereocenters. The predicted octanol–water partition coefficient (Wildman–Crippen LogP) is 3.10. The first-order valence-electron chi connectivity index (χ1n) is 8.37. The van der Waals surface area contributed by atoms with Crippen molar-refractivity contribution < 1.29 is 27.9 Å². The van der Waals surface area contributed by atoms with Gasteiger partial charge in [0.1, 0.15) is 0 Å². The summed E-state index contributed by atoms with van der Waals surface area (Å²) >= 11 is 0. The fourth-order valence-electron chi connectivity index (χ4n) is 2.05. The van der Waals surface area contributed by atoms with Crippen molar-refractivity contribution in [3.63, 3.8) is 0 Å². The number of carboxylic acids is 1. The second kappa shape index (κ2) is 12.3. The Kier molecular flexibility index (Phi) is 11.3. The minimum atomic E-state index is -5.08. The molecule has 1 atom stereocenters. The first-order valence-corrected chi connectivity index (χ1v) is 8.37. The summed E-state index contributed by atoms with van der Waals surface area (Å²) in [6.45, 7) is 2.95. The highest BCUT2D eigenvalue weighted by Gasteiger charge is 2.38. The molecule has 0 spiro atoms. The van der Waals surface area contributed by atoms with E-state index in [0.717, 1.165) is 19.4 Å². The molecule has 0 aliphatic carbocycles. The first-order chi connectivity index (χ1) is 12.1. The number of amides is 1. The van der Waals surface area contributed by atoms with Gasteiger partial charge >= 0.3 is 12.1 Å². The van der Waals surface area contributed by atoms with Gasteiger partial charge in [-0.1, -0.05) is 50.1 Å². The van der Waals surface area contributed by atoms with Crippen LogP contribution in [0.15, 0.2) is 30.3 Å². The highest BCUT2D eigenvalue weighted by Crippen LogP contribution is 2.13. The predicted molar refractivity (Wildman–Crippen MR) is 93.8 cm³/mol. The maximum Gasteiger partial charge on any atom is 0.490 e. The van der Waals surface area contributed by atoms with Gasteiger partial charge in [0, 0.05) is 6.54 Å². The molecule has 8 heteroatoms. The van der Waals surface area contributed by atoms with Gasteiger partial charge in [-0.25, -0.2) is 4.79 Å². The van der Waals surface area contributed by atoms with E-state index in [1.165, 1.54) is 18.4 Å². The minimum Gasteiger partial charge on any atom is -0.475 e. The lowest BCUT2D eigenvalue weighted by atomic mass is 10.0. The Hall–Kier alpha value is -2.09. The molecule has 26 heavy (non-hydrogen) atoms. The fourth-order valence-corrected chi connectivity index (χ4v) is 2.05. The summed E-state index contributed by atoms with van der Waals surface area (Å²) < 4.78 is 31.7. The van der Waals surface area contributed by atoms with Crippen molar-refractivity contribution in [3.05, 3.63) is 35.9 Å². The number of unbranched alkanes of at least 4 members (excludes halogenated alkanes) is 2. The van der Waals surface area contributed by atoms with Gasteiger partial charge in [-0.2, -0.15) is 13.2 Å². The van der Waals surface area contributed by atoms with Gasteiger partial charge in [-0.15, -0.1) is 0 Å². The smallest absolute Gasteiger partial charge is 0.475 e. The fraction of sp³-hybridized carbons (Fsp3) is 0.556. The van der Waals surface area contributed by atoms with Crippen molar-refractivity contribution in [1.82, 2.24) is 10.2 Å². The Bertz CT molecular complexity index is 534. The van der Waals surface area contributed by atoms with Crippen LogP contribution < -0.4 is 5.32 Å². The molecule has 2 N–H and O–H groups in total. The topological polar surface area (TPSA) is 69.6 Å². The van der Waals surface area contributed by atoms with Crippen molar-refractivity contribution >= 4 is 11.9 Å². The number of hydrogen-bond donors (Lipinski definition) is 2. The molecule has 0 aliphatic rings. The van der Waals surface area contributed by atoms with Gasteiger partial charge in [0.25, 0.3) is 0 Å². The van der Waals surface area contributed by atoms with Crippen molar-refractivity contribution in [2.45, 2.75) is 44.8 Å². The number of halogens is 3. The Morgan fingerprint density at radius 3 is 2.12 bits per heavy atom. The number of carboxylic acid groups (broad SMARTS) is 1. The van der Waals surface area contributed by atoms with Crippen molar-refractivity contribution in [2.24, 2.45) is 0 Å². The van der Waals surface area contributed by atoms with Crippen LogP contribution in [0.1, 0.15) is 31.7 Å². The Balaban J connectivity index is 0.000000758. The van der Waals surface area contributed by atoms with Gasteiger partial charge in [-0.05, 0) is 32.5 Å². The van der Waals surface area contributed by atoms with Crippen LogP contribution in [0.3, 0.4) is 0 Å². The summed E-state index contributed by atoms with van der Waals surface area (Å²) in [4.78, 5) is 23.1. The maximum absolute atomic E-state index is 12.2. The summed E-state index contributed by atoms with van der Waals surface area (Å²) in [6, 6.07) is 10.1. The van der Waals surface area contributed by atoms with E-state index in [1.54, 1.807) is 0 Å². The van der Waals surface area contributed by atoms with Crippen molar-refractivity contribution in [3.8, 4) is 0 Å². The number of hydrogen-bond acceptors (Lipinski definition) is 3. The van der Waals surface area contributed by atoms with E-state index in [0.29, 0.717) is 0 Å². The lowest BCUT2D eigenvalue weighted by Crippen LogP contribution is -2.45.